The van der Waals surface area contributed by atoms with E-state index >= 15 is 0 Å². The number of nitrogens with zero attached hydrogens (tertiary/aromatic N) is 1. The van der Waals surface area contributed by atoms with Gasteiger partial charge in [-0.3, -0.25) is 9.59 Å². The molecule has 2 aromatic rings. The molecule has 0 radical (unpaired) electrons. The van der Waals surface area contributed by atoms with Gasteiger partial charge in [0.05, 0.1) is 20.6 Å². The highest BCUT2D eigenvalue weighted by molar-refractivity contribution is 5.92. The Morgan fingerprint density at radius 1 is 0.974 bits per heavy atom. The molecule has 0 aliphatic carbocycles. The zero-order valence-corrected chi connectivity index (χ0v) is 21.5. The van der Waals surface area contributed by atoms with E-state index in [1.165, 1.54) is 13.2 Å². The van der Waals surface area contributed by atoms with E-state index in [2.05, 4.69) is 15.0 Å². The minimum absolute atomic E-state index is 0.0193. The van der Waals surface area contributed by atoms with Crippen LogP contribution in [-0.2, 0) is 22.6 Å². The van der Waals surface area contributed by atoms with Crippen molar-refractivity contribution in [2.75, 3.05) is 14.2 Å². The molecule has 0 fully saturated rings. The molecule has 2 aromatic carbocycles. The molecule has 210 valence electrons. The maximum Gasteiger partial charge on any atom is 0.573 e. The number of rotatable bonds is 10. The third-order valence-corrected chi connectivity index (χ3v) is 4.72. The molecule has 0 aliphatic rings. The van der Waals surface area contributed by atoms with E-state index in [1.807, 2.05) is 13.8 Å². The summed E-state index contributed by atoms with van der Waals surface area (Å²) >= 11 is 0. The number of ether oxygens (including phenoxy) is 3. The van der Waals surface area contributed by atoms with Crippen LogP contribution in [0.5, 0.6) is 17.2 Å². The number of nitrogens with one attached hydrogen (secondary N) is 1. The van der Waals surface area contributed by atoms with Crippen molar-refractivity contribution in [1.29, 1.82) is 0 Å². The standard InChI is InChI=1S/C14H17F4NO2.C11H15N3O3/c1-9(2)3-6-13(20)19-8-10-4-5-11(15)12(7-10)21-14(16,17)18;1-16-8-4-3-7(5-9(8)17-2)6-10(15)14-11(12)13/h4-5,7,9H,3,6,8H2,1-2H3,(H,19,20);3-5H,6H2,1-2H3,(H4,12,13,14,15). The SMILES string of the molecule is CC(C)CCC(=O)NCc1ccc(F)c(OC(F)(F)F)c1.COc1ccc(CC(=O)N=C(N)N)cc1OC. The maximum absolute atomic E-state index is 13.2. The summed E-state index contributed by atoms with van der Waals surface area (Å²) in [5.41, 5.74) is 11.3. The van der Waals surface area contributed by atoms with Crippen LogP contribution >= 0.6 is 0 Å². The van der Waals surface area contributed by atoms with E-state index in [1.54, 1.807) is 25.3 Å². The number of aliphatic imine (C=N–C) groups is 1. The first-order valence-electron chi connectivity index (χ1n) is 11.4. The molecule has 0 unspecified atom stereocenters. The number of halogens is 4. The lowest BCUT2D eigenvalue weighted by molar-refractivity contribution is -0.275. The molecule has 9 nitrogen and oxygen atoms in total. The minimum atomic E-state index is -4.96. The maximum atomic E-state index is 13.2. The molecule has 38 heavy (non-hydrogen) atoms. The first-order valence-corrected chi connectivity index (χ1v) is 11.4. The highest BCUT2D eigenvalue weighted by Gasteiger charge is 2.32. The van der Waals surface area contributed by atoms with Crippen molar-refractivity contribution < 1.29 is 41.4 Å². The predicted octanol–water partition coefficient (Wildman–Crippen LogP) is 3.82. The van der Waals surface area contributed by atoms with Crippen molar-refractivity contribution >= 4 is 17.8 Å². The smallest absolute Gasteiger partial charge is 0.493 e. The number of amides is 2. The second kappa shape index (κ2) is 15.3. The van der Waals surface area contributed by atoms with Crippen molar-refractivity contribution in [3.8, 4) is 17.2 Å². The number of carbonyl (C=O) groups excluding carboxylic acids is 2. The third-order valence-electron chi connectivity index (χ3n) is 4.72. The van der Waals surface area contributed by atoms with Gasteiger partial charge in [-0.1, -0.05) is 26.0 Å². The number of hydrogen-bond acceptors (Lipinski definition) is 5. The van der Waals surface area contributed by atoms with Gasteiger partial charge in [0.2, 0.25) is 5.91 Å². The summed E-state index contributed by atoms with van der Waals surface area (Å²) in [7, 11) is 3.07. The largest absolute Gasteiger partial charge is 0.573 e. The molecule has 0 bridgehead atoms. The lowest BCUT2D eigenvalue weighted by Crippen LogP contribution is -2.24. The minimum Gasteiger partial charge on any atom is -0.493 e. The van der Waals surface area contributed by atoms with Gasteiger partial charge in [0.1, 0.15) is 0 Å². The van der Waals surface area contributed by atoms with E-state index in [0.29, 0.717) is 29.4 Å². The second-order valence-electron chi connectivity index (χ2n) is 8.32. The highest BCUT2D eigenvalue weighted by atomic mass is 19.4. The summed E-state index contributed by atoms with van der Waals surface area (Å²) in [6, 6.07) is 8.26. The van der Waals surface area contributed by atoms with Gasteiger partial charge in [-0.05, 0) is 47.7 Å². The molecule has 0 saturated carbocycles. The molecule has 5 N–H and O–H groups in total. The first-order chi connectivity index (χ1) is 17.7. The van der Waals surface area contributed by atoms with Crippen LogP contribution in [0.1, 0.15) is 37.8 Å². The first kappa shape index (κ1) is 32.0. The van der Waals surface area contributed by atoms with Crippen molar-refractivity contribution in [3.05, 3.63) is 53.3 Å². The summed E-state index contributed by atoms with van der Waals surface area (Å²) < 4.78 is 63.2. The van der Waals surface area contributed by atoms with Gasteiger partial charge >= 0.3 is 6.36 Å². The Bertz CT molecular complexity index is 1100. The highest BCUT2D eigenvalue weighted by Crippen LogP contribution is 2.28. The molecule has 0 atom stereocenters. The van der Waals surface area contributed by atoms with E-state index in [9.17, 15) is 27.2 Å². The molecule has 0 aromatic heterocycles. The Morgan fingerprint density at radius 2 is 1.58 bits per heavy atom. The average molecular weight is 545 g/mol. The van der Waals surface area contributed by atoms with E-state index < -0.39 is 23.8 Å². The number of methoxy groups -OCH3 is 2. The fourth-order valence-corrected chi connectivity index (χ4v) is 2.92. The summed E-state index contributed by atoms with van der Waals surface area (Å²) in [5.74, 6) is -1.32. The summed E-state index contributed by atoms with van der Waals surface area (Å²) in [5, 5.41) is 2.57. The van der Waals surface area contributed by atoms with Crippen molar-refractivity contribution in [1.82, 2.24) is 5.32 Å². The van der Waals surface area contributed by atoms with Gasteiger partial charge in [-0.15, -0.1) is 13.2 Å². The van der Waals surface area contributed by atoms with Crippen molar-refractivity contribution in [2.45, 2.75) is 46.0 Å². The molecule has 0 saturated heterocycles. The van der Waals surface area contributed by atoms with E-state index in [4.69, 9.17) is 20.9 Å². The molecule has 2 amide bonds. The van der Waals surface area contributed by atoms with Gasteiger partial charge in [-0.25, -0.2) is 4.39 Å². The number of nitrogens with two attached hydrogens (primary N) is 2. The summed E-state index contributed by atoms with van der Waals surface area (Å²) in [6.45, 7) is 3.98. The van der Waals surface area contributed by atoms with Crippen LogP contribution in [0.25, 0.3) is 0 Å². The zero-order valence-electron chi connectivity index (χ0n) is 21.5. The summed E-state index contributed by atoms with van der Waals surface area (Å²) in [6.07, 6.45) is -3.79. The number of hydrogen-bond donors (Lipinski definition) is 3. The second-order valence-corrected chi connectivity index (χ2v) is 8.32. The van der Waals surface area contributed by atoms with Crippen molar-refractivity contribution in [2.24, 2.45) is 22.4 Å². The Kier molecular flexibility index (Phi) is 12.9. The monoisotopic (exact) mass is 544 g/mol. The van der Waals surface area contributed by atoms with Crippen LogP contribution in [0.15, 0.2) is 41.4 Å². The lowest BCUT2D eigenvalue weighted by atomic mass is 10.1. The Hall–Kier alpha value is -4.03. The van der Waals surface area contributed by atoms with Crippen LogP contribution in [0.4, 0.5) is 17.6 Å². The lowest BCUT2D eigenvalue weighted by Gasteiger charge is -2.12. The van der Waals surface area contributed by atoms with Gasteiger partial charge in [0.15, 0.2) is 29.0 Å². The topological polar surface area (TPSA) is 138 Å². The predicted molar refractivity (Wildman–Crippen MR) is 133 cm³/mol. The fraction of sp³-hybridized carbons (Fsp3) is 0.400. The molecule has 0 spiro atoms. The van der Waals surface area contributed by atoms with E-state index in [0.717, 1.165) is 24.1 Å². The Morgan fingerprint density at radius 3 is 2.13 bits per heavy atom. The van der Waals surface area contributed by atoms with Gasteiger partial charge in [-0.2, -0.15) is 4.99 Å². The molecule has 0 heterocycles. The average Bonchev–Trinajstić information content (AvgIpc) is 2.82. The van der Waals surface area contributed by atoms with Gasteiger partial charge in [0.25, 0.3) is 5.91 Å². The molecule has 13 heteroatoms. The van der Waals surface area contributed by atoms with Gasteiger partial charge < -0.3 is 31.0 Å². The Balaban J connectivity index is 0.000000389. The van der Waals surface area contributed by atoms with Crippen LogP contribution in [0, 0.1) is 11.7 Å². The van der Waals surface area contributed by atoms with E-state index in [-0.39, 0.29) is 24.8 Å². The van der Waals surface area contributed by atoms with Gasteiger partial charge in [0, 0.05) is 13.0 Å². The fourth-order valence-electron chi connectivity index (χ4n) is 2.92. The molecule has 2 rings (SSSR count). The van der Waals surface area contributed by atoms with Crippen LogP contribution in [0.3, 0.4) is 0 Å². The normalized spacial score (nSPS) is 10.7. The summed E-state index contributed by atoms with van der Waals surface area (Å²) in [4.78, 5) is 26.3. The Labute approximate surface area is 218 Å². The van der Waals surface area contributed by atoms with Crippen LogP contribution in [0.2, 0.25) is 0 Å². The number of alkyl halides is 3. The molecular weight excluding hydrogens is 512 g/mol. The molecule has 0 aliphatic heterocycles. The number of carbonyl (C=O) groups is 2. The van der Waals surface area contributed by atoms with Crippen LogP contribution in [-0.4, -0.2) is 38.4 Å². The van der Waals surface area contributed by atoms with Crippen LogP contribution < -0.4 is 31.0 Å². The quantitative estimate of drug-likeness (QED) is 0.235. The number of guanidine groups is 1. The third kappa shape index (κ3) is 12.8. The van der Waals surface area contributed by atoms with Crippen molar-refractivity contribution in [3.63, 3.8) is 0 Å². The number of benzene rings is 2. The molecular formula is C25H32F4N4O5. The zero-order chi connectivity index (χ0) is 28.9.